The van der Waals surface area contributed by atoms with Crippen molar-refractivity contribution in [1.82, 2.24) is 4.57 Å². The van der Waals surface area contributed by atoms with E-state index in [2.05, 4.69) is 114 Å². The van der Waals surface area contributed by atoms with E-state index in [1.165, 1.54) is 22.1 Å². The summed E-state index contributed by atoms with van der Waals surface area (Å²) in [5, 5.41) is 1.20. The van der Waals surface area contributed by atoms with Crippen LogP contribution in [0.2, 0.25) is 0 Å². The predicted octanol–water partition coefficient (Wildman–Crippen LogP) is 9.59. The Bertz CT molecular complexity index is 1650. The van der Waals surface area contributed by atoms with Gasteiger partial charge in [-0.2, -0.15) is 0 Å². The molecule has 2 nitrogen and oxygen atoms in total. The summed E-state index contributed by atoms with van der Waals surface area (Å²) in [7, 11) is 0. The average Bonchev–Trinajstić information content (AvgIpc) is 3.61. The first-order valence-corrected chi connectivity index (χ1v) is 13.0. The maximum Gasteiger partial charge on any atom is 0.0547 e. The van der Waals surface area contributed by atoms with E-state index >= 15 is 0 Å². The monoisotopic (exact) mass is 492 g/mol. The molecule has 2 N–H and O–H groups in total. The van der Waals surface area contributed by atoms with Crippen LogP contribution in [-0.4, -0.2) is 4.57 Å². The number of nitrogen functional groups attached to an aromatic ring is 1. The van der Waals surface area contributed by atoms with Gasteiger partial charge in [0.15, 0.2) is 0 Å². The quantitative estimate of drug-likeness (QED) is 0.243. The van der Waals surface area contributed by atoms with Crippen molar-refractivity contribution in [2.24, 2.45) is 0 Å². The van der Waals surface area contributed by atoms with Gasteiger partial charge >= 0.3 is 0 Å². The Balaban J connectivity index is 0.000000222. The third-order valence-electron chi connectivity index (χ3n) is 6.77. The Morgan fingerprint density at radius 1 is 0.816 bits per heavy atom. The third kappa shape index (κ3) is 5.02. The van der Waals surface area contributed by atoms with Gasteiger partial charge in [-0.15, -0.1) is 0 Å². The van der Waals surface area contributed by atoms with Crippen molar-refractivity contribution in [2.45, 2.75) is 13.3 Å². The number of aromatic nitrogens is 1. The molecular formula is C36H32N2. The fourth-order valence-electron chi connectivity index (χ4n) is 4.97. The number of nitrogens with two attached hydrogens (primary N) is 1. The average molecular weight is 493 g/mol. The number of nitrogens with zero attached hydrogens (tertiary/aromatic N) is 1. The van der Waals surface area contributed by atoms with E-state index in [1.807, 2.05) is 43.3 Å². The number of allylic oxidation sites excluding steroid dienone is 5. The van der Waals surface area contributed by atoms with Crippen LogP contribution >= 0.6 is 0 Å². The van der Waals surface area contributed by atoms with Gasteiger partial charge in [-0.1, -0.05) is 116 Å². The number of anilines is 1. The van der Waals surface area contributed by atoms with Crippen molar-refractivity contribution >= 4 is 34.3 Å². The van der Waals surface area contributed by atoms with Gasteiger partial charge in [0.2, 0.25) is 0 Å². The number of benzene rings is 4. The molecule has 0 atom stereocenters. The molecule has 1 aliphatic carbocycles. The summed E-state index contributed by atoms with van der Waals surface area (Å²) in [5.74, 6) is 0. The highest BCUT2D eigenvalue weighted by molar-refractivity contribution is 5.98. The first-order chi connectivity index (χ1) is 18.7. The zero-order chi connectivity index (χ0) is 26.3. The first kappa shape index (κ1) is 24.9. The molecule has 0 radical (unpaired) electrons. The van der Waals surface area contributed by atoms with Crippen LogP contribution in [0.3, 0.4) is 0 Å². The molecule has 38 heavy (non-hydrogen) atoms. The second-order valence-electron chi connectivity index (χ2n) is 9.18. The molecule has 0 spiro atoms. The Hall–Kier alpha value is -4.82. The molecule has 1 aromatic heterocycles. The Kier molecular flexibility index (Phi) is 7.52. The topological polar surface area (TPSA) is 30.9 Å². The summed E-state index contributed by atoms with van der Waals surface area (Å²) in [6, 6.07) is 35.4. The fraction of sp³-hybridized carbons (Fsp3) is 0.0556. The van der Waals surface area contributed by atoms with Crippen LogP contribution < -0.4 is 5.73 Å². The molecule has 2 heteroatoms. The molecule has 0 fully saturated rings. The molecule has 1 heterocycles. The van der Waals surface area contributed by atoms with Gasteiger partial charge < -0.3 is 10.3 Å². The number of hydrogen-bond donors (Lipinski definition) is 1. The molecule has 4 aromatic carbocycles. The van der Waals surface area contributed by atoms with Crippen LogP contribution in [0.25, 0.3) is 45.4 Å². The standard InChI is InChI=1S/C25H22N2.C11H10/c1-3-10-21-22-16-15-18(20-13-8-9-14-23(20)26)17-25(22)27(24(21)4-2)19-11-6-5-7-12-19;1-2-6-10(7-3-1)11-8-4-5-9-11/h3-17H,2,26H2,1H3;1-8H,9H2/b10-3-;. The number of para-hydroxylation sites is 2. The van der Waals surface area contributed by atoms with Gasteiger partial charge in [-0.25, -0.2) is 0 Å². The lowest BCUT2D eigenvalue weighted by Gasteiger charge is -2.10. The molecule has 0 amide bonds. The van der Waals surface area contributed by atoms with Crippen molar-refractivity contribution in [3.63, 3.8) is 0 Å². The maximum atomic E-state index is 6.22. The number of fused-ring (bicyclic) bond motifs is 1. The molecule has 0 aliphatic heterocycles. The van der Waals surface area contributed by atoms with Crippen LogP contribution in [0.1, 0.15) is 30.2 Å². The highest BCUT2D eigenvalue weighted by Gasteiger charge is 2.16. The minimum absolute atomic E-state index is 0.785. The van der Waals surface area contributed by atoms with Crippen LogP contribution in [0.4, 0.5) is 5.69 Å². The third-order valence-corrected chi connectivity index (χ3v) is 6.77. The lowest BCUT2D eigenvalue weighted by molar-refractivity contribution is 1.11. The minimum atomic E-state index is 0.785. The molecule has 0 saturated carbocycles. The smallest absolute Gasteiger partial charge is 0.0547 e. The highest BCUT2D eigenvalue weighted by atomic mass is 15.0. The summed E-state index contributed by atoms with van der Waals surface area (Å²) in [6.07, 6.45) is 13.7. The van der Waals surface area contributed by atoms with Gasteiger partial charge in [0.05, 0.1) is 11.2 Å². The predicted molar refractivity (Wildman–Crippen MR) is 166 cm³/mol. The zero-order valence-corrected chi connectivity index (χ0v) is 21.7. The minimum Gasteiger partial charge on any atom is -0.398 e. The molecule has 0 bridgehead atoms. The van der Waals surface area contributed by atoms with Gasteiger partial charge in [-0.05, 0) is 60.4 Å². The van der Waals surface area contributed by atoms with Gasteiger partial charge in [0.1, 0.15) is 0 Å². The van der Waals surface area contributed by atoms with Crippen molar-refractivity contribution in [1.29, 1.82) is 0 Å². The number of hydrogen-bond acceptors (Lipinski definition) is 1. The van der Waals surface area contributed by atoms with E-state index in [0.717, 1.165) is 40.1 Å². The lowest BCUT2D eigenvalue weighted by atomic mass is 10.0. The summed E-state index contributed by atoms with van der Waals surface area (Å²) in [5.41, 5.74) is 16.5. The largest absolute Gasteiger partial charge is 0.398 e. The highest BCUT2D eigenvalue weighted by Crippen LogP contribution is 2.35. The summed E-state index contributed by atoms with van der Waals surface area (Å²) in [4.78, 5) is 0. The zero-order valence-electron chi connectivity index (χ0n) is 21.7. The summed E-state index contributed by atoms with van der Waals surface area (Å²) < 4.78 is 2.26. The molecule has 5 aromatic rings. The second-order valence-corrected chi connectivity index (χ2v) is 9.18. The normalized spacial score (nSPS) is 12.4. The van der Waals surface area contributed by atoms with Crippen LogP contribution in [0.15, 0.2) is 134 Å². The van der Waals surface area contributed by atoms with Crippen LogP contribution in [0, 0.1) is 0 Å². The van der Waals surface area contributed by atoms with E-state index in [-0.39, 0.29) is 0 Å². The Morgan fingerprint density at radius 2 is 1.53 bits per heavy atom. The van der Waals surface area contributed by atoms with Crippen LogP contribution in [-0.2, 0) is 0 Å². The van der Waals surface area contributed by atoms with Gasteiger partial charge in [0.25, 0.3) is 0 Å². The van der Waals surface area contributed by atoms with Crippen LogP contribution in [0.5, 0.6) is 0 Å². The van der Waals surface area contributed by atoms with E-state index in [1.54, 1.807) is 0 Å². The Labute approximate surface area is 225 Å². The molecule has 186 valence electrons. The van der Waals surface area contributed by atoms with Crippen molar-refractivity contribution in [2.75, 3.05) is 5.73 Å². The summed E-state index contributed by atoms with van der Waals surface area (Å²) in [6.45, 7) is 6.11. The summed E-state index contributed by atoms with van der Waals surface area (Å²) >= 11 is 0. The molecule has 6 rings (SSSR count). The van der Waals surface area contributed by atoms with Gasteiger partial charge in [-0.3, -0.25) is 0 Å². The van der Waals surface area contributed by atoms with E-state index in [9.17, 15) is 0 Å². The molecular weight excluding hydrogens is 460 g/mol. The first-order valence-electron chi connectivity index (χ1n) is 13.0. The lowest BCUT2D eigenvalue weighted by Crippen LogP contribution is -1.96. The van der Waals surface area contributed by atoms with Crippen molar-refractivity contribution in [3.8, 4) is 16.8 Å². The Morgan fingerprint density at radius 3 is 2.18 bits per heavy atom. The molecule has 1 aliphatic rings. The number of rotatable bonds is 5. The molecule has 0 saturated heterocycles. The van der Waals surface area contributed by atoms with Crippen molar-refractivity contribution in [3.05, 3.63) is 151 Å². The second kappa shape index (κ2) is 11.5. The fourth-order valence-corrected chi connectivity index (χ4v) is 4.97. The van der Waals surface area contributed by atoms with E-state index in [4.69, 9.17) is 5.73 Å². The molecule has 0 unspecified atom stereocenters. The maximum absolute atomic E-state index is 6.22. The van der Waals surface area contributed by atoms with E-state index in [0.29, 0.717) is 0 Å². The van der Waals surface area contributed by atoms with Gasteiger partial charge in [0, 0.05) is 27.9 Å². The SMILES string of the molecule is C1=CCC(c2ccccc2)=C1.C=Cc1c(/C=C\C)c2ccc(-c3ccccc3N)cc2n1-c1ccccc1. The van der Waals surface area contributed by atoms with Crippen molar-refractivity contribution < 1.29 is 0 Å². The van der Waals surface area contributed by atoms with E-state index < -0.39 is 0 Å².